The fourth-order valence-corrected chi connectivity index (χ4v) is 1.51. The first-order valence-corrected chi connectivity index (χ1v) is 5.06. The highest BCUT2D eigenvalue weighted by Crippen LogP contribution is 2.46. The van der Waals surface area contributed by atoms with Gasteiger partial charge in [-0.15, -0.1) is 0 Å². The summed E-state index contributed by atoms with van der Waals surface area (Å²) in [6, 6.07) is 0. The zero-order valence-corrected chi connectivity index (χ0v) is 8.66. The van der Waals surface area contributed by atoms with Crippen LogP contribution in [0.15, 0.2) is 6.33 Å². The minimum Gasteiger partial charge on any atom is -0.299 e. The van der Waals surface area contributed by atoms with Crippen molar-refractivity contribution in [1.29, 1.82) is 0 Å². The van der Waals surface area contributed by atoms with Crippen molar-refractivity contribution in [2.45, 2.75) is 39.7 Å². The van der Waals surface area contributed by atoms with Gasteiger partial charge in [-0.2, -0.15) is 5.10 Å². The molecule has 1 aromatic heterocycles. The van der Waals surface area contributed by atoms with Crippen molar-refractivity contribution < 1.29 is 4.79 Å². The number of rotatable bonds is 4. The molecule has 0 saturated heterocycles. The largest absolute Gasteiger partial charge is 0.299 e. The first-order valence-electron chi connectivity index (χ1n) is 5.06. The number of carbonyl (C=O) groups excluding carboxylic acids is 1. The van der Waals surface area contributed by atoms with E-state index in [1.807, 2.05) is 13.8 Å². The van der Waals surface area contributed by atoms with Crippen LogP contribution in [0.25, 0.3) is 0 Å². The van der Waals surface area contributed by atoms with Crippen LogP contribution in [0.5, 0.6) is 0 Å². The van der Waals surface area contributed by atoms with Crippen molar-refractivity contribution in [1.82, 2.24) is 14.8 Å². The van der Waals surface area contributed by atoms with Crippen molar-refractivity contribution in [2.75, 3.05) is 0 Å². The zero-order valence-electron chi connectivity index (χ0n) is 8.66. The van der Waals surface area contributed by atoms with E-state index in [2.05, 4.69) is 10.1 Å². The monoisotopic (exact) mass is 193 g/mol. The van der Waals surface area contributed by atoms with Crippen LogP contribution in [0.2, 0.25) is 0 Å². The number of carbonyl (C=O) groups is 1. The second kappa shape index (κ2) is 3.19. The molecule has 0 N–H and O–H groups in total. The number of hydrogen-bond donors (Lipinski definition) is 0. The SMILES string of the molecule is CCn1ncnc1CC(=O)C1(C)CC1. The van der Waals surface area contributed by atoms with Crippen LogP contribution in [0, 0.1) is 5.41 Å². The van der Waals surface area contributed by atoms with Gasteiger partial charge in [-0.05, 0) is 19.8 Å². The highest BCUT2D eigenvalue weighted by Gasteiger charge is 2.44. The van der Waals surface area contributed by atoms with E-state index < -0.39 is 0 Å². The van der Waals surface area contributed by atoms with Crippen molar-refractivity contribution in [3.05, 3.63) is 12.2 Å². The molecule has 0 unspecified atom stereocenters. The molecule has 0 aliphatic heterocycles. The van der Waals surface area contributed by atoms with E-state index in [1.165, 1.54) is 6.33 Å². The fraction of sp³-hybridized carbons (Fsp3) is 0.700. The number of aromatic nitrogens is 3. The summed E-state index contributed by atoms with van der Waals surface area (Å²) in [7, 11) is 0. The Hall–Kier alpha value is -1.19. The molecule has 0 bridgehead atoms. The summed E-state index contributed by atoms with van der Waals surface area (Å²) in [5.74, 6) is 1.10. The van der Waals surface area contributed by atoms with Gasteiger partial charge in [0, 0.05) is 12.0 Å². The number of aryl methyl sites for hydroxylation is 1. The van der Waals surface area contributed by atoms with Crippen LogP contribution in [0.1, 0.15) is 32.5 Å². The Morgan fingerprint density at radius 1 is 1.64 bits per heavy atom. The van der Waals surface area contributed by atoms with Crippen LogP contribution in [-0.2, 0) is 17.8 Å². The molecule has 2 rings (SSSR count). The molecule has 14 heavy (non-hydrogen) atoms. The van der Waals surface area contributed by atoms with Gasteiger partial charge < -0.3 is 0 Å². The summed E-state index contributed by atoms with van der Waals surface area (Å²) in [5, 5.41) is 4.04. The molecule has 76 valence electrons. The van der Waals surface area contributed by atoms with Crippen LogP contribution < -0.4 is 0 Å². The lowest BCUT2D eigenvalue weighted by molar-refractivity contribution is -0.123. The van der Waals surface area contributed by atoms with E-state index >= 15 is 0 Å². The Morgan fingerprint density at radius 3 is 2.93 bits per heavy atom. The molecule has 1 fully saturated rings. The van der Waals surface area contributed by atoms with Crippen LogP contribution >= 0.6 is 0 Å². The molecule has 1 saturated carbocycles. The van der Waals surface area contributed by atoms with Gasteiger partial charge >= 0.3 is 0 Å². The van der Waals surface area contributed by atoms with Crippen molar-refractivity contribution in [2.24, 2.45) is 5.41 Å². The van der Waals surface area contributed by atoms with Gasteiger partial charge in [-0.25, -0.2) is 9.67 Å². The van der Waals surface area contributed by atoms with E-state index in [-0.39, 0.29) is 5.41 Å². The van der Waals surface area contributed by atoms with Gasteiger partial charge in [0.15, 0.2) is 0 Å². The third-order valence-corrected chi connectivity index (χ3v) is 2.99. The van der Waals surface area contributed by atoms with Gasteiger partial charge in [0.1, 0.15) is 17.9 Å². The molecule has 0 spiro atoms. The maximum Gasteiger partial charge on any atom is 0.146 e. The van der Waals surface area contributed by atoms with E-state index in [0.717, 1.165) is 25.2 Å². The molecule has 0 radical (unpaired) electrons. The van der Waals surface area contributed by atoms with Crippen LogP contribution in [-0.4, -0.2) is 20.5 Å². The van der Waals surface area contributed by atoms with E-state index in [0.29, 0.717) is 12.2 Å². The molecule has 4 heteroatoms. The smallest absolute Gasteiger partial charge is 0.146 e. The second-order valence-electron chi connectivity index (χ2n) is 4.15. The van der Waals surface area contributed by atoms with E-state index in [4.69, 9.17) is 0 Å². The highest BCUT2D eigenvalue weighted by molar-refractivity contribution is 5.88. The maximum atomic E-state index is 11.8. The number of Topliss-reactive ketones (excluding diaryl/α,β-unsaturated/α-hetero) is 1. The van der Waals surface area contributed by atoms with Gasteiger partial charge in [0.05, 0.1) is 6.42 Å². The molecule has 4 nitrogen and oxygen atoms in total. The van der Waals surface area contributed by atoms with E-state index in [9.17, 15) is 4.79 Å². The topological polar surface area (TPSA) is 47.8 Å². The third kappa shape index (κ3) is 1.56. The molecular weight excluding hydrogens is 178 g/mol. The maximum absolute atomic E-state index is 11.8. The molecule has 0 aromatic carbocycles. The zero-order chi connectivity index (χ0) is 10.2. The number of hydrogen-bond acceptors (Lipinski definition) is 3. The lowest BCUT2D eigenvalue weighted by Gasteiger charge is -2.06. The Labute approximate surface area is 83.3 Å². The summed E-state index contributed by atoms with van der Waals surface area (Å²) >= 11 is 0. The van der Waals surface area contributed by atoms with Crippen LogP contribution in [0.3, 0.4) is 0 Å². The highest BCUT2D eigenvalue weighted by atomic mass is 16.1. The standard InChI is InChI=1S/C10H15N3O/c1-3-13-9(11-7-12-13)6-8(14)10(2)4-5-10/h7H,3-6H2,1-2H3. The molecule has 1 aromatic rings. The molecule has 1 heterocycles. The van der Waals surface area contributed by atoms with Gasteiger partial charge in [0.2, 0.25) is 0 Å². The Bertz CT molecular complexity index is 352. The predicted octanol–water partition coefficient (Wildman–Crippen LogP) is 1.21. The Morgan fingerprint density at radius 2 is 2.36 bits per heavy atom. The molecule has 1 aliphatic carbocycles. The summed E-state index contributed by atoms with van der Waals surface area (Å²) in [4.78, 5) is 15.9. The first kappa shape index (κ1) is 9.37. The summed E-state index contributed by atoms with van der Waals surface area (Å²) in [5.41, 5.74) is -0.0511. The summed E-state index contributed by atoms with van der Waals surface area (Å²) in [6.07, 6.45) is 4.02. The summed E-state index contributed by atoms with van der Waals surface area (Å²) < 4.78 is 1.78. The minimum absolute atomic E-state index is 0.0511. The second-order valence-corrected chi connectivity index (χ2v) is 4.15. The molecule has 0 amide bonds. The van der Waals surface area contributed by atoms with E-state index in [1.54, 1.807) is 4.68 Å². The number of nitrogens with zero attached hydrogens (tertiary/aromatic N) is 3. The summed E-state index contributed by atoms with van der Waals surface area (Å²) in [6.45, 7) is 4.81. The van der Waals surface area contributed by atoms with Crippen molar-refractivity contribution >= 4 is 5.78 Å². The third-order valence-electron chi connectivity index (χ3n) is 2.99. The van der Waals surface area contributed by atoms with Crippen LogP contribution in [0.4, 0.5) is 0 Å². The average molecular weight is 193 g/mol. The predicted molar refractivity (Wildman–Crippen MR) is 51.7 cm³/mol. The fourth-order valence-electron chi connectivity index (χ4n) is 1.51. The van der Waals surface area contributed by atoms with Crippen molar-refractivity contribution in [3.63, 3.8) is 0 Å². The molecule has 0 atom stereocenters. The molecule has 1 aliphatic rings. The Kier molecular flexibility index (Phi) is 2.13. The average Bonchev–Trinajstić information content (AvgIpc) is 2.78. The van der Waals surface area contributed by atoms with Gasteiger partial charge in [0.25, 0.3) is 0 Å². The van der Waals surface area contributed by atoms with Gasteiger partial charge in [-0.1, -0.05) is 6.92 Å². The van der Waals surface area contributed by atoms with Crippen molar-refractivity contribution in [3.8, 4) is 0 Å². The quantitative estimate of drug-likeness (QED) is 0.722. The normalized spacial score (nSPS) is 18.1. The van der Waals surface area contributed by atoms with Gasteiger partial charge in [-0.3, -0.25) is 4.79 Å². The molecular formula is C10H15N3O. The lowest BCUT2D eigenvalue weighted by Crippen LogP contribution is -2.17. The minimum atomic E-state index is -0.0511. The Balaban J connectivity index is 2.07. The lowest BCUT2D eigenvalue weighted by atomic mass is 10.0. The first-order chi connectivity index (χ1) is 6.65. The number of ketones is 1.